The van der Waals surface area contributed by atoms with E-state index in [0.29, 0.717) is 4.68 Å². The zero-order valence-corrected chi connectivity index (χ0v) is 9.63. The fraction of sp³-hybridized carbons (Fsp3) is 0.556. The normalized spacial score (nSPS) is 12.7. The molecule has 0 spiro atoms. The molecule has 0 saturated carbocycles. The second-order valence-electron chi connectivity index (χ2n) is 3.77. The van der Waals surface area contributed by atoms with Crippen LogP contribution in [-0.2, 0) is 4.79 Å². The summed E-state index contributed by atoms with van der Waals surface area (Å²) in [7, 11) is 0. The number of hydrogen-bond donors (Lipinski definition) is 1. The molecule has 0 aliphatic carbocycles. The first-order valence-electron chi connectivity index (χ1n) is 4.99. The fourth-order valence-corrected chi connectivity index (χ4v) is 1.66. The zero-order valence-electron chi connectivity index (χ0n) is 9.63. The largest absolute Gasteiger partial charge is 0.481 e. The van der Waals surface area contributed by atoms with Gasteiger partial charge in [-0.25, -0.2) is 8.78 Å². The molecule has 1 aromatic heterocycles. The van der Waals surface area contributed by atoms with Gasteiger partial charge < -0.3 is 5.11 Å². The average Bonchev–Trinajstić information content (AvgIpc) is 2.54. The van der Waals surface area contributed by atoms with Gasteiger partial charge in [-0.3, -0.25) is 19.6 Å². The third kappa shape index (κ3) is 2.60. The van der Waals surface area contributed by atoms with Gasteiger partial charge in [0.25, 0.3) is 6.43 Å². The third-order valence-corrected chi connectivity index (χ3v) is 2.37. The molecule has 0 bridgehead atoms. The van der Waals surface area contributed by atoms with Crippen molar-refractivity contribution in [2.24, 2.45) is 0 Å². The van der Waals surface area contributed by atoms with E-state index in [1.54, 1.807) is 0 Å². The molecule has 1 N–H and O–H groups in total. The third-order valence-electron chi connectivity index (χ3n) is 2.37. The SMILES string of the molecule is Cc1nn([C@H](C)CC(=O)O)c(C(F)F)c1[N+](=O)[O-]. The van der Waals surface area contributed by atoms with Crippen LogP contribution in [0.1, 0.15) is 37.2 Å². The van der Waals surface area contributed by atoms with Crippen LogP contribution in [0.5, 0.6) is 0 Å². The second-order valence-corrected chi connectivity index (χ2v) is 3.77. The summed E-state index contributed by atoms with van der Waals surface area (Å²) in [6.45, 7) is 2.59. The van der Waals surface area contributed by atoms with Gasteiger partial charge in [-0.2, -0.15) is 5.10 Å². The number of aromatic nitrogens is 2. The summed E-state index contributed by atoms with van der Waals surface area (Å²) in [5.41, 5.74) is -1.78. The number of halogens is 2. The van der Waals surface area contributed by atoms with Gasteiger partial charge in [0.2, 0.25) is 0 Å². The maximum Gasteiger partial charge on any atom is 0.318 e. The monoisotopic (exact) mass is 263 g/mol. The average molecular weight is 263 g/mol. The summed E-state index contributed by atoms with van der Waals surface area (Å²) in [4.78, 5) is 20.3. The lowest BCUT2D eigenvalue weighted by atomic mass is 10.2. The van der Waals surface area contributed by atoms with Crippen molar-refractivity contribution in [3.63, 3.8) is 0 Å². The quantitative estimate of drug-likeness (QED) is 0.647. The van der Waals surface area contributed by atoms with Gasteiger partial charge in [-0.1, -0.05) is 0 Å². The lowest BCUT2D eigenvalue weighted by Crippen LogP contribution is -2.15. The number of carboxylic acids is 1. The minimum atomic E-state index is -3.09. The van der Waals surface area contributed by atoms with Crippen LogP contribution in [0.15, 0.2) is 0 Å². The summed E-state index contributed by atoms with van der Waals surface area (Å²) in [6.07, 6.45) is -3.54. The number of rotatable bonds is 5. The van der Waals surface area contributed by atoms with Gasteiger partial charge >= 0.3 is 11.7 Å². The molecule has 0 saturated heterocycles. The number of carboxylic acid groups (broad SMARTS) is 1. The predicted octanol–water partition coefficient (Wildman–Crippen LogP) is 2.07. The van der Waals surface area contributed by atoms with Crippen LogP contribution in [0.2, 0.25) is 0 Å². The first-order valence-corrected chi connectivity index (χ1v) is 4.99. The molecule has 1 atom stereocenters. The van der Waals surface area contributed by atoms with Crippen LogP contribution in [0.4, 0.5) is 14.5 Å². The highest BCUT2D eigenvalue weighted by Crippen LogP contribution is 2.33. The Labute approximate surface area is 100 Å². The molecule has 0 fully saturated rings. The van der Waals surface area contributed by atoms with E-state index in [9.17, 15) is 23.7 Å². The molecular formula is C9H11F2N3O4. The van der Waals surface area contributed by atoms with Crippen LogP contribution in [-0.4, -0.2) is 25.8 Å². The number of nitro groups is 1. The molecule has 0 aliphatic rings. The van der Waals surface area contributed by atoms with Gasteiger partial charge in [0, 0.05) is 0 Å². The summed E-state index contributed by atoms with van der Waals surface area (Å²) < 4.78 is 26.4. The Morgan fingerprint density at radius 3 is 2.56 bits per heavy atom. The molecule has 0 aliphatic heterocycles. The van der Waals surface area contributed by atoms with Crippen LogP contribution in [0.25, 0.3) is 0 Å². The van der Waals surface area contributed by atoms with Gasteiger partial charge in [-0.15, -0.1) is 0 Å². The predicted molar refractivity (Wildman–Crippen MR) is 55.5 cm³/mol. The molecule has 1 aromatic rings. The highest BCUT2D eigenvalue weighted by molar-refractivity contribution is 5.67. The second kappa shape index (κ2) is 5.07. The summed E-state index contributed by atoms with van der Waals surface area (Å²) >= 11 is 0. The molecule has 0 aromatic carbocycles. The van der Waals surface area contributed by atoms with E-state index >= 15 is 0 Å². The Bertz CT molecular complexity index is 486. The summed E-state index contributed by atoms with van der Waals surface area (Å²) in [5, 5.41) is 22.9. The summed E-state index contributed by atoms with van der Waals surface area (Å²) in [6, 6.07) is -0.890. The van der Waals surface area contributed by atoms with Gasteiger partial charge in [-0.05, 0) is 13.8 Å². The molecule has 9 heteroatoms. The lowest BCUT2D eigenvalue weighted by Gasteiger charge is -2.12. The molecule has 1 heterocycles. The fourth-order valence-electron chi connectivity index (χ4n) is 1.66. The molecule has 0 radical (unpaired) electrons. The molecule has 100 valence electrons. The van der Waals surface area contributed by atoms with Crippen molar-refractivity contribution in [3.05, 3.63) is 21.5 Å². The van der Waals surface area contributed by atoms with Crippen LogP contribution in [0.3, 0.4) is 0 Å². The standard InChI is InChI=1S/C9H11F2N3O4/c1-4(3-6(15)16)13-8(9(10)11)7(14(17)18)5(2)12-13/h4,9H,3H2,1-2H3,(H,15,16)/t4-/m1/s1. The van der Waals surface area contributed by atoms with E-state index in [-0.39, 0.29) is 5.69 Å². The highest BCUT2D eigenvalue weighted by Gasteiger charge is 2.33. The van der Waals surface area contributed by atoms with E-state index in [4.69, 9.17) is 5.11 Å². The Balaban J connectivity index is 3.32. The van der Waals surface area contributed by atoms with Crippen LogP contribution < -0.4 is 0 Å². The van der Waals surface area contributed by atoms with E-state index < -0.39 is 41.2 Å². The summed E-state index contributed by atoms with van der Waals surface area (Å²) in [5.74, 6) is -1.20. The molecule has 0 amide bonds. The minimum Gasteiger partial charge on any atom is -0.481 e. The van der Waals surface area contributed by atoms with Crippen LogP contribution in [0, 0.1) is 17.0 Å². The first-order chi connectivity index (χ1) is 8.25. The van der Waals surface area contributed by atoms with Crippen molar-refractivity contribution in [1.29, 1.82) is 0 Å². The molecule has 7 nitrogen and oxygen atoms in total. The molecule has 1 rings (SSSR count). The van der Waals surface area contributed by atoms with Gasteiger partial charge in [0.15, 0.2) is 5.69 Å². The molecular weight excluding hydrogens is 252 g/mol. The van der Waals surface area contributed by atoms with Crippen molar-refractivity contribution < 1.29 is 23.6 Å². The number of alkyl halides is 2. The first kappa shape index (κ1) is 14.0. The maximum atomic E-state index is 12.8. The van der Waals surface area contributed by atoms with Crippen molar-refractivity contribution in [1.82, 2.24) is 9.78 Å². The van der Waals surface area contributed by atoms with Crippen molar-refractivity contribution >= 4 is 11.7 Å². The van der Waals surface area contributed by atoms with Crippen molar-refractivity contribution in [2.75, 3.05) is 0 Å². The number of hydrogen-bond acceptors (Lipinski definition) is 4. The smallest absolute Gasteiger partial charge is 0.318 e. The zero-order chi connectivity index (χ0) is 14.0. The van der Waals surface area contributed by atoms with Crippen molar-refractivity contribution in [3.8, 4) is 0 Å². The number of aliphatic carboxylic acids is 1. The van der Waals surface area contributed by atoms with Gasteiger partial charge in [0.1, 0.15) is 5.69 Å². The molecule has 18 heavy (non-hydrogen) atoms. The Hall–Kier alpha value is -2.06. The van der Waals surface area contributed by atoms with E-state index in [1.165, 1.54) is 13.8 Å². The van der Waals surface area contributed by atoms with E-state index in [2.05, 4.69) is 5.10 Å². The van der Waals surface area contributed by atoms with Crippen LogP contribution >= 0.6 is 0 Å². The van der Waals surface area contributed by atoms with E-state index in [1.807, 2.05) is 0 Å². The van der Waals surface area contributed by atoms with Gasteiger partial charge in [0.05, 0.1) is 17.4 Å². The number of carbonyl (C=O) groups is 1. The van der Waals surface area contributed by atoms with E-state index in [0.717, 1.165) is 0 Å². The highest BCUT2D eigenvalue weighted by atomic mass is 19.3. The Morgan fingerprint density at radius 2 is 2.17 bits per heavy atom. The topological polar surface area (TPSA) is 98.3 Å². The minimum absolute atomic E-state index is 0.160. The maximum absolute atomic E-state index is 12.8. The number of aryl methyl sites for hydroxylation is 1. The Kier molecular flexibility index (Phi) is 3.94. The number of nitrogens with zero attached hydrogens (tertiary/aromatic N) is 3. The molecule has 0 unspecified atom stereocenters. The lowest BCUT2D eigenvalue weighted by molar-refractivity contribution is -0.387. The van der Waals surface area contributed by atoms with Crippen molar-refractivity contribution in [2.45, 2.75) is 32.7 Å². The Morgan fingerprint density at radius 1 is 1.61 bits per heavy atom.